The highest BCUT2D eigenvalue weighted by atomic mass is 15.4. The molecule has 2 fully saturated rings. The summed E-state index contributed by atoms with van der Waals surface area (Å²) in [5, 5.41) is 11.3. The lowest BCUT2D eigenvalue weighted by Crippen LogP contribution is -2.54. The summed E-state index contributed by atoms with van der Waals surface area (Å²) in [6.45, 7) is 6.44. The molecule has 5 heteroatoms. The Bertz CT molecular complexity index is 426. The average molecular weight is 291 g/mol. The predicted molar refractivity (Wildman–Crippen MR) is 85.7 cm³/mol. The molecule has 2 unspecified atom stereocenters. The van der Waals surface area contributed by atoms with E-state index in [1.165, 1.54) is 44.9 Å². The maximum atomic E-state index is 4.83. The van der Waals surface area contributed by atoms with Crippen LogP contribution in [0.3, 0.4) is 0 Å². The first-order chi connectivity index (χ1) is 10.2. The third-order valence-electron chi connectivity index (χ3n) is 4.82. The van der Waals surface area contributed by atoms with Crippen molar-refractivity contribution in [3.8, 4) is 0 Å². The van der Waals surface area contributed by atoms with Crippen molar-refractivity contribution in [2.45, 2.75) is 76.8 Å². The Kier molecular flexibility index (Phi) is 4.78. The molecular weight excluding hydrogens is 262 g/mol. The normalized spacial score (nSPS) is 29.1. The van der Waals surface area contributed by atoms with Gasteiger partial charge in [-0.05, 0) is 26.7 Å². The first-order valence-corrected chi connectivity index (χ1v) is 8.65. The van der Waals surface area contributed by atoms with Gasteiger partial charge in [-0.1, -0.05) is 32.1 Å². The van der Waals surface area contributed by atoms with Gasteiger partial charge in [-0.3, -0.25) is 5.10 Å². The zero-order valence-electron chi connectivity index (χ0n) is 13.4. The molecule has 1 aliphatic carbocycles. The van der Waals surface area contributed by atoms with Gasteiger partial charge in [-0.25, -0.2) is 0 Å². The Hall–Kier alpha value is -1.10. The third-order valence-corrected chi connectivity index (χ3v) is 4.82. The molecule has 1 saturated heterocycles. The molecule has 118 valence electrons. The van der Waals surface area contributed by atoms with Crippen LogP contribution in [0.1, 0.15) is 70.5 Å². The topological polar surface area (TPSA) is 56.8 Å². The summed E-state index contributed by atoms with van der Waals surface area (Å²) < 4.78 is 0. The molecule has 3 rings (SSSR count). The van der Waals surface area contributed by atoms with Crippen molar-refractivity contribution >= 4 is 5.95 Å². The molecule has 1 aromatic heterocycles. The van der Waals surface area contributed by atoms with Crippen molar-refractivity contribution < 1.29 is 0 Å². The zero-order chi connectivity index (χ0) is 14.7. The van der Waals surface area contributed by atoms with Crippen LogP contribution >= 0.6 is 0 Å². The third kappa shape index (κ3) is 3.76. The van der Waals surface area contributed by atoms with Gasteiger partial charge < -0.3 is 10.2 Å². The molecule has 0 aromatic carbocycles. The Morgan fingerprint density at radius 2 is 1.57 bits per heavy atom. The molecule has 1 aromatic rings. The van der Waals surface area contributed by atoms with E-state index in [0.717, 1.165) is 24.9 Å². The molecule has 5 nitrogen and oxygen atoms in total. The second kappa shape index (κ2) is 6.77. The number of nitrogens with one attached hydrogen (secondary N) is 2. The van der Waals surface area contributed by atoms with Crippen LogP contribution in [0, 0.1) is 0 Å². The minimum atomic E-state index is 0.497. The van der Waals surface area contributed by atoms with E-state index in [1.54, 1.807) is 0 Å². The fourth-order valence-electron chi connectivity index (χ4n) is 3.81. The zero-order valence-corrected chi connectivity index (χ0v) is 13.4. The Morgan fingerprint density at radius 3 is 2.24 bits per heavy atom. The number of hydrogen-bond acceptors (Lipinski definition) is 4. The van der Waals surface area contributed by atoms with E-state index in [2.05, 4.69) is 34.3 Å². The lowest BCUT2D eigenvalue weighted by atomic mass is 9.91. The number of piperazine rings is 1. The number of aromatic amines is 1. The van der Waals surface area contributed by atoms with Crippen LogP contribution in [-0.2, 0) is 0 Å². The number of aromatic nitrogens is 3. The first kappa shape index (κ1) is 14.8. The van der Waals surface area contributed by atoms with Gasteiger partial charge in [-0.15, -0.1) is 5.10 Å². The fraction of sp³-hybridized carbons (Fsp3) is 0.875. The molecule has 0 radical (unpaired) electrons. The largest absolute Gasteiger partial charge is 0.336 e. The van der Waals surface area contributed by atoms with E-state index in [0.29, 0.717) is 18.0 Å². The molecular formula is C16H29N5. The van der Waals surface area contributed by atoms with E-state index < -0.39 is 0 Å². The maximum absolute atomic E-state index is 4.83. The van der Waals surface area contributed by atoms with Gasteiger partial charge in [0.2, 0.25) is 5.95 Å². The van der Waals surface area contributed by atoms with E-state index in [-0.39, 0.29) is 0 Å². The molecule has 2 aliphatic rings. The van der Waals surface area contributed by atoms with Crippen molar-refractivity contribution in [1.29, 1.82) is 0 Å². The van der Waals surface area contributed by atoms with Crippen LogP contribution in [0.15, 0.2) is 0 Å². The van der Waals surface area contributed by atoms with Crippen molar-refractivity contribution in [2.24, 2.45) is 0 Å². The molecule has 0 bridgehead atoms. The quantitative estimate of drug-likeness (QED) is 0.880. The van der Waals surface area contributed by atoms with Crippen LogP contribution in [0.2, 0.25) is 0 Å². The van der Waals surface area contributed by atoms with Crippen LogP contribution in [0.4, 0.5) is 5.95 Å². The van der Waals surface area contributed by atoms with Crippen molar-refractivity contribution in [3.05, 3.63) is 5.82 Å². The minimum absolute atomic E-state index is 0.497. The lowest BCUT2D eigenvalue weighted by molar-refractivity contribution is 0.403. The van der Waals surface area contributed by atoms with E-state index in [1.807, 2.05) is 0 Å². The summed E-state index contributed by atoms with van der Waals surface area (Å²) in [7, 11) is 0. The summed E-state index contributed by atoms with van der Waals surface area (Å²) >= 11 is 0. The summed E-state index contributed by atoms with van der Waals surface area (Å²) in [6, 6.07) is 0.995. The highest BCUT2D eigenvalue weighted by Crippen LogP contribution is 2.29. The smallest absolute Gasteiger partial charge is 0.244 e. The summed E-state index contributed by atoms with van der Waals surface area (Å²) in [4.78, 5) is 7.14. The number of rotatable bonds is 2. The summed E-state index contributed by atoms with van der Waals surface area (Å²) in [5.74, 6) is 2.60. The van der Waals surface area contributed by atoms with E-state index in [9.17, 15) is 0 Å². The maximum Gasteiger partial charge on any atom is 0.244 e. The fourth-order valence-corrected chi connectivity index (χ4v) is 3.81. The SMILES string of the molecule is CC1CN(c2n[nH]c(C3CCCCCCC3)n2)CC(C)N1. The Balaban J connectivity index is 1.67. The molecule has 21 heavy (non-hydrogen) atoms. The highest BCUT2D eigenvalue weighted by Gasteiger charge is 2.25. The van der Waals surface area contributed by atoms with Crippen LogP contribution in [0.5, 0.6) is 0 Å². The van der Waals surface area contributed by atoms with Crippen molar-refractivity contribution in [3.63, 3.8) is 0 Å². The minimum Gasteiger partial charge on any atom is -0.336 e. The van der Waals surface area contributed by atoms with Crippen molar-refractivity contribution in [2.75, 3.05) is 18.0 Å². The number of hydrogen-bond donors (Lipinski definition) is 2. The molecule has 1 saturated carbocycles. The molecule has 1 aliphatic heterocycles. The van der Waals surface area contributed by atoms with Gasteiger partial charge in [-0.2, -0.15) is 4.98 Å². The number of anilines is 1. The first-order valence-electron chi connectivity index (χ1n) is 8.65. The predicted octanol–water partition coefficient (Wildman–Crippen LogP) is 2.82. The van der Waals surface area contributed by atoms with E-state index >= 15 is 0 Å². The van der Waals surface area contributed by atoms with Gasteiger partial charge in [0.25, 0.3) is 0 Å². The number of H-pyrrole nitrogens is 1. The van der Waals surface area contributed by atoms with Gasteiger partial charge in [0.15, 0.2) is 0 Å². The monoisotopic (exact) mass is 291 g/mol. The lowest BCUT2D eigenvalue weighted by Gasteiger charge is -2.35. The Morgan fingerprint density at radius 1 is 0.952 bits per heavy atom. The summed E-state index contributed by atoms with van der Waals surface area (Å²) in [5.41, 5.74) is 0. The molecule has 0 amide bonds. The molecule has 2 N–H and O–H groups in total. The standard InChI is InChI=1S/C16H29N5/c1-12-10-21(11-13(2)17-12)16-18-15(19-20-16)14-8-6-4-3-5-7-9-14/h12-14,17H,3-11H2,1-2H3,(H,18,19,20). The Labute approximate surface area is 127 Å². The van der Waals surface area contributed by atoms with Crippen LogP contribution in [-0.4, -0.2) is 40.4 Å². The van der Waals surface area contributed by atoms with E-state index in [4.69, 9.17) is 4.98 Å². The van der Waals surface area contributed by atoms with Crippen LogP contribution in [0.25, 0.3) is 0 Å². The van der Waals surface area contributed by atoms with Gasteiger partial charge in [0, 0.05) is 31.1 Å². The van der Waals surface area contributed by atoms with Gasteiger partial charge in [0.1, 0.15) is 5.82 Å². The highest BCUT2D eigenvalue weighted by molar-refractivity contribution is 5.31. The van der Waals surface area contributed by atoms with Gasteiger partial charge in [0.05, 0.1) is 0 Å². The number of nitrogens with zero attached hydrogens (tertiary/aromatic N) is 3. The van der Waals surface area contributed by atoms with Crippen LogP contribution < -0.4 is 10.2 Å². The molecule has 2 heterocycles. The van der Waals surface area contributed by atoms with Crippen molar-refractivity contribution in [1.82, 2.24) is 20.5 Å². The summed E-state index contributed by atoms with van der Waals surface area (Å²) in [6.07, 6.45) is 9.37. The second-order valence-electron chi connectivity index (χ2n) is 6.94. The molecule has 2 atom stereocenters. The average Bonchev–Trinajstić information content (AvgIpc) is 2.86. The second-order valence-corrected chi connectivity index (χ2v) is 6.94. The van der Waals surface area contributed by atoms with Gasteiger partial charge >= 0.3 is 0 Å². The molecule has 0 spiro atoms.